The zero-order valence-electron chi connectivity index (χ0n) is 9.19. The highest BCUT2D eigenvalue weighted by Crippen LogP contribution is 2.10. The number of nitrogens with one attached hydrogen (secondary N) is 1. The second-order valence-corrected chi connectivity index (χ2v) is 6.11. The van der Waals surface area contributed by atoms with Gasteiger partial charge in [0.05, 0.1) is 11.8 Å². The van der Waals surface area contributed by atoms with Crippen molar-refractivity contribution in [3.8, 4) is 0 Å². The van der Waals surface area contributed by atoms with Gasteiger partial charge in [-0.2, -0.15) is 0 Å². The van der Waals surface area contributed by atoms with Crippen molar-refractivity contribution < 1.29 is 13.2 Å². The van der Waals surface area contributed by atoms with Crippen LogP contribution in [0.3, 0.4) is 0 Å². The average Bonchev–Trinajstić information content (AvgIpc) is 2.45. The topological polar surface area (TPSA) is 66.5 Å². The number of rotatable bonds is 5. The van der Waals surface area contributed by atoms with Crippen LogP contribution in [0.2, 0.25) is 0 Å². The highest BCUT2D eigenvalue weighted by molar-refractivity contribution is 7.90. The van der Waals surface area contributed by atoms with Gasteiger partial charge in [0.25, 0.3) is 0 Å². The number of sulfone groups is 1. The molecule has 0 aliphatic carbocycles. The van der Waals surface area contributed by atoms with Crippen molar-refractivity contribution >= 4 is 15.7 Å². The van der Waals surface area contributed by atoms with Crippen molar-refractivity contribution in [2.75, 3.05) is 31.6 Å². The lowest BCUT2D eigenvalue weighted by molar-refractivity contribution is -0.129. The van der Waals surface area contributed by atoms with E-state index in [0.717, 1.165) is 13.0 Å². The monoisotopic (exact) mass is 234 g/mol. The summed E-state index contributed by atoms with van der Waals surface area (Å²) < 4.78 is 21.9. The summed E-state index contributed by atoms with van der Waals surface area (Å²) >= 11 is 0. The first-order chi connectivity index (χ1) is 6.94. The molecule has 1 heterocycles. The Morgan fingerprint density at radius 1 is 1.53 bits per heavy atom. The van der Waals surface area contributed by atoms with Crippen molar-refractivity contribution in [1.29, 1.82) is 0 Å². The number of likely N-dealkylation sites (tertiary alicyclic amines) is 1. The van der Waals surface area contributed by atoms with Gasteiger partial charge in [0.1, 0.15) is 9.84 Å². The summed E-state index contributed by atoms with van der Waals surface area (Å²) in [5, 5.41) is 3.08. The molecule has 1 atom stereocenters. The number of carbonyl (C=O) groups excluding carboxylic acids is 1. The van der Waals surface area contributed by atoms with Crippen LogP contribution in [0.15, 0.2) is 0 Å². The maximum atomic E-state index is 11.7. The molecular weight excluding hydrogens is 216 g/mol. The summed E-state index contributed by atoms with van der Waals surface area (Å²) in [6.07, 6.45) is 1.96. The minimum atomic E-state index is -2.98. The molecule has 5 nitrogen and oxygen atoms in total. The molecule has 88 valence electrons. The van der Waals surface area contributed by atoms with E-state index in [4.69, 9.17) is 0 Å². The largest absolute Gasteiger partial charge is 0.340 e. The molecule has 1 N–H and O–H groups in total. The fourth-order valence-electron chi connectivity index (χ4n) is 1.67. The molecule has 1 aliphatic rings. The maximum absolute atomic E-state index is 11.7. The third-order valence-electron chi connectivity index (χ3n) is 2.48. The summed E-state index contributed by atoms with van der Waals surface area (Å²) in [5.41, 5.74) is 0. The highest BCUT2D eigenvalue weighted by atomic mass is 32.2. The first kappa shape index (κ1) is 12.4. The van der Waals surface area contributed by atoms with Crippen LogP contribution in [0.4, 0.5) is 0 Å². The second kappa shape index (κ2) is 4.94. The normalized spacial score (nSPS) is 22.4. The Morgan fingerprint density at radius 2 is 2.20 bits per heavy atom. The van der Waals surface area contributed by atoms with Gasteiger partial charge < -0.3 is 10.2 Å². The van der Waals surface area contributed by atoms with E-state index in [1.807, 2.05) is 6.92 Å². The molecule has 0 radical (unpaired) electrons. The molecule has 0 aromatic heterocycles. The third kappa shape index (κ3) is 3.79. The summed E-state index contributed by atoms with van der Waals surface area (Å²) in [6, 6.07) is -0.116. The molecule has 0 spiro atoms. The minimum absolute atomic E-state index is 0.0282. The predicted octanol–water partition coefficient (Wildman–Crippen LogP) is -0.759. The lowest BCUT2D eigenvalue weighted by Crippen LogP contribution is -2.39. The lowest BCUT2D eigenvalue weighted by Gasteiger charge is -2.16. The van der Waals surface area contributed by atoms with E-state index in [1.165, 1.54) is 6.26 Å². The van der Waals surface area contributed by atoms with Crippen molar-refractivity contribution in [3.05, 3.63) is 0 Å². The summed E-state index contributed by atoms with van der Waals surface area (Å²) in [5.74, 6) is 0.0814. The second-order valence-electron chi connectivity index (χ2n) is 3.85. The fraction of sp³-hybridized carbons (Fsp3) is 0.889. The van der Waals surface area contributed by atoms with E-state index in [2.05, 4.69) is 5.32 Å². The molecule has 6 heteroatoms. The average molecular weight is 234 g/mol. The van der Waals surface area contributed by atoms with Gasteiger partial charge in [-0.25, -0.2) is 8.42 Å². The Hall–Kier alpha value is -0.620. The van der Waals surface area contributed by atoms with Crippen LogP contribution in [0.25, 0.3) is 0 Å². The molecule has 0 saturated carbocycles. The van der Waals surface area contributed by atoms with Gasteiger partial charge in [-0.05, 0) is 13.0 Å². The molecule has 0 aromatic rings. The van der Waals surface area contributed by atoms with Crippen LogP contribution >= 0.6 is 0 Å². The number of nitrogens with zero attached hydrogens (tertiary/aromatic N) is 1. The van der Waals surface area contributed by atoms with Gasteiger partial charge in [0.15, 0.2) is 0 Å². The molecule has 1 unspecified atom stereocenters. The number of hydrogen-bond donors (Lipinski definition) is 1. The van der Waals surface area contributed by atoms with Gasteiger partial charge in [0.2, 0.25) is 5.91 Å². The number of hydrogen-bond acceptors (Lipinski definition) is 4. The van der Waals surface area contributed by atoms with Crippen LogP contribution in [0.1, 0.15) is 13.3 Å². The Bertz CT molecular complexity index is 326. The van der Waals surface area contributed by atoms with Gasteiger partial charge in [-0.1, -0.05) is 6.92 Å². The zero-order chi connectivity index (χ0) is 11.5. The summed E-state index contributed by atoms with van der Waals surface area (Å²) in [7, 11) is -2.98. The molecule has 1 aliphatic heterocycles. The molecule has 0 aromatic carbocycles. The van der Waals surface area contributed by atoms with E-state index >= 15 is 0 Å². The van der Waals surface area contributed by atoms with Gasteiger partial charge in [0, 0.05) is 19.3 Å². The van der Waals surface area contributed by atoms with Crippen molar-refractivity contribution in [2.24, 2.45) is 0 Å². The maximum Gasteiger partial charge on any atom is 0.239 e. The van der Waals surface area contributed by atoms with Crippen LogP contribution in [-0.2, 0) is 14.6 Å². The summed E-state index contributed by atoms with van der Waals surface area (Å²) in [4.78, 5) is 13.3. The smallest absolute Gasteiger partial charge is 0.239 e. The molecule has 1 amide bonds. The molecule has 1 saturated heterocycles. The minimum Gasteiger partial charge on any atom is -0.340 e. The molecule has 1 fully saturated rings. The number of amides is 1. The van der Waals surface area contributed by atoms with Crippen molar-refractivity contribution in [3.63, 3.8) is 0 Å². The zero-order valence-corrected chi connectivity index (χ0v) is 10.0. The Labute approximate surface area is 90.7 Å². The number of carbonyl (C=O) groups is 1. The molecular formula is C9H18N2O3S. The van der Waals surface area contributed by atoms with Crippen LogP contribution in [0.5, 0.6) is 0 Å². The first-order valence-electron chi connectivity index (χ1n) is 5.14. The predicted molar refractivity (Wildman–Crippen MR) is 58.4 cm³/mol. The van der Waals surface area contributed by atoms with Gasteiger partial charge >= 0.3 is 0 Å². The van der Waals surface area contributed by atoms with E-state index in [-0.39, 0.29) is 17.7 Å². The standard InChI is InChI=1S/C9H18N2O3S/c1-3-10-8-4-5-11(9(8)12)6-7-15(2,13)14/h8,10H,3-7H2,1-2H3. The van der Waals surface area contributed by atoms with E-state index in [9.17, 15) is 13.2 Å². The Kier molecular flexibility index (Phi) is 4.10. The van der Waals surface area contributed by atoms with Crippen LogP contribution in [-0.4, -0.2) is 56.9 Å². The van der Waals surface area contributed by atoms with E-state index in [1.54, 1.807) is 4.90 Å². The Balaban J connectivity index is 2.43. The van der Waals surface area contributed by atoms with Crippen LogP contribution in [0, 0.1) is 0 Å². The quantitative estimate of drug-likeness (QED) is 0.679. The van der Waals surface area contributed by atoms with E-state index < -0.39 is 9.84 Å². The molecule has 0 bridgehead atoms. The fourth-order valence-corrected chi connectivity index (χ4v) is 2.22. The lowest BCUT2D eigenvalue weighted by atomic mass is 10.2. The van der Waals surface area contributed by atoms with Gasteiger partial charge in [-0.15, -0.1) is 0 Å². The van der Waals surface area contributed by atoms with Crippen LogP contribution < -0.4 is 5.32 Å². The summed E-state index contributed by atoms with van der Waals surface area (Å²) in [6.45, 7) is 3.69. The molecule has 1 rings (SSSR count). The highest BCUT2D eigenvalue weighted by Gasteiger charge is 2.30. The van der Waals surface area contributed by atoms with Crippen molar-refractivity contribution in [2.45, 2.75) is 19.4 Å². The number of likely N-dealkylation sites (N-methyl/N-ethyl adjacent to an activating group) is 1. The van der Waals surface area contributed by atoms with E-state index in [0.29, 0.717) is 13.1 Å². The third-order valence-corrected chi connectivity index (χ3v) is 3.40. The SMILES string of the molecule is CCNC1CCN(CCS(C)(=O)=O)C1=O. The van der Waals surface area contributed by atoms with Crippen molar-refractivity contribution in [1.82, 2.24) is 10.2 Å². The van der Waals surface area contributed by atoms with Gasteiger partial charge in [-0.3, -0.25) is 4.79 Å². The Morgan fingerprint density at radius 3 is 2.73 bits per heavy atom. The molecule has 15 heavy (non-hydrogen) atoms. The first-order valence-corrected chi connectivity index (χ1v) is 7.20.